The van der Waals surface area contributed by atoms with Gasteiger partial charge in [-0.15, -0.1) is 0 Å². The van der Waals surface area contributed by atoms with Gasteiger partial charge in [0.15, 0.2) is 9.84 Å². The molecule has 4 nitrogen and oxygen atoms in total. The number of hydrogen-bond donors (Lipinski definition) is 1. The predicted octanol–water partition coefficient (Wildman–Crippen LogP) is 2.66. The van der Waals surface area contributed by atoms with Crippen LogP contribution in [0.25, 0.3) is 0 Å². The first-order valence-electron chi connectivity index (χ1n) is 6.68. The highest BCUT2D eigenvalue weighted by atomic mass is 32.2. The molecule has 0 radical (unpaired) electrons. The van der Waals surface area contributed by atoms with E-state index < -0.39 is 21.5 Å². The summed E-state index contributed by atoms with van der Waals surface area (Å²) in [7, 11) is -3.60. The molecule has 0 bridgehead atoms. The molecule has 2 aromatic carbocycles. The zero-order valence-corrected chi connectivity index (χ0v) is 12.6. The molecule has 0 saturated heterocycles. The van der Waals surface area contributed by atoms with Crippen LogP contribution in [-0.2, 0) is 21.1 Å². The minimum Gasteiger partial charge on any atom is -0.325 e. The molecule has 0 aliphatic heterocycles. The maximum absolute atomic E-state index is 12.1. The molecular formula is C16H17NO3S. The molecule has 1 amide bonds. The largest absolute Gasteiger partial charge is 0.325 e. The van der Waals surface area contributed by atoms with Crippen LogP contribution >= 0.6 is 0 Å². The minimum absolute atomic E-state index is 0.154. The summed E-state index contributed by atoms with van der Waals surface area (Å²) in [5, 5.41) is 2.60. The van der Waals surface area contributed by atoms with E-state index in [-0.39, 0.29) is 4.90 Å². The summed E-state index contributed by atoms with van der Waals surface area (Å²) in [6.45, 7) is 2.04. The minimum atomic E-state index is -3.60. The van der Waals surface area contributed by atoms with Crippen molar-refractivity contribution in [3.05, 3.63) is 60.2 Å². The Morgan fingerprint density at radius 1 is 1.00 bits per heavy atom. The monoisotopic (exact) mass is 303 g/mol. The quantitative estimate of drug-likeness (QED) is 0.923. The highest BCUT2D eigenvalue weighted by Gasteiger charge is 2.18. The molecule has 0 aromatic heterocycles. The zero-order chi connectivity index (χ0) is 15.3. The predicted molar refractivity (Wildman–Crippen MR) is 82.9 cm³/mol. The van der Waals surface area contributed by atoms with E-state index in [1.54, 1.807) is 30.3 Å². The molecule has 0 unspecified atom stereocenters. The molecule has 110 valence electrons. The Morgan fingerprint density at radius 3 is 2.19 bits per heavy atom. The Hall–Kier alpha value is -2.14. The molecule has 0 aliphatic carbocycles. The van der Waals surface area contributed by atoms with Gasteiger partial charge in [0.2, 0.25) is 5.91 Å². The fourth-order valence-corrected chi connectivity index (χ4v) is 3.06. The highest BCUT2D eigenvalue weighted by molar-refractivity contribution is 7.92. The van der Waals surface area contributed by atoms with Crippen LogP contribution in [-0.4, -0.2) is 20.1 Å². The Balaban J connectivity index is 2.04. The molecule has 1 N–H and O–H groups in total. The van der Waals surface area contributed by atoms with E-state index in [2.05, 4.69) is 5.32 Å². The number of nitrogens with one attached hydrogen (secondary N) is 1. The van der Waals surface area contributed by atoms with E-state index in [4.69, 9.17) is 0 Å². The number of rotatable bonds is 5. The lowest BCUT2D eigenvalue weighted by Crippen LogP contribution is -2.23. The van der Waals surface area contributed by atoms with E-state index in [0.717, 1.165) is 12.0 Å². The second-order valence-electron chi connectivity index (χ2n) is 4.67. The van der Waals surface area contributed by atoms with Crippen molar-refractivity contribution < 1.29 is 13.2 Å². The van der Waals surface area contributed by atoms with Gasteiger partial charge in [-0.2, -0.15) is 0 Å². The molecule has 21 heavy (non-hydrogen) atoms. The maximum atomic E-state index is 12.1. The van der Waals surface area contributed by atoms with Crippen molar-refractivity contribution in [2.24, 2.45) is 0 Å². The van der Waals surface area contributed by atoms with Gasteiger partial charge in [0, 0.05) is 5.69 Å². The Morgan fingerprint density at radius 2 is 1.62 bits per heavy atom. The van der Waals surface area contributed by atoms with Crippen LogP contribution in [0.4, 0.5) is 5.69 Å². The lowest BCUT2D eigenvalue weighted by Gasteiger charge is -2.07. The summed E-state index contributed by atoms with van der Waals surface area (Å²) < 4.78 is 24.1. The van der Waals surface area contributed by atoms with E-state index in [1.807, 2.05) is 19.1 Å². The van der Waals surface area contributed by atoms with E-state index in [1.165, 1.54) is 12.1 Å². The van der Waals surface area contributed by atoms with E-state index >= 15 is 0 Å². The number of amides is 1. The van der Waals surface area contributed by atoms with Crippen LogP contribution < -0.4 is 5.32 Å². The SMILES string of the molecule is CCc1ccc(NC(=O)CS(=O)(=O)c2ccccc2)cc1. The molecule has 0 heterocycles. The third kappa shape index (κ3) is 4.16. The number of anilines is 1. The average Bonchev–Trinajstić information content (AvgIpc) is 2.48. The van der Waals surface area contributed by atoms with Crippen LogP contribution in [0.2, 0.25) is 0 Å². The van der Waals surface area contributed by atoms with Crippen LogP contribution in [0.1, 0.15) is 12.5 Å². The van der Waals surface area contributed by atoms with Crippen LogP contribution in [0.3, 0.4) is 0 Å². The van der Waals surface area contributed by atoms with Crippen LogP contribution in [0, 0.1) is 0 Å². The number of carbonyl (C=O) groups excluding carboxylic acids is 1. The van der Waals surface area contributed by atoms with Crippen LogP contribution in [0.15, 0.2) is 59.5 Å². The third-order valence-electron chi connectivity index (χ3n) is 3.07. The summed E-state index contributed by atoms with van der Waals surface area (Å²) in [6, 6.07) is 15.3. The average molecular weight is 303 g/mol. The first-order valence-corrected chi connectivity index (χ1v) is 8.33. The van der Waals surface area contributed by atoms with Crippen molar-refractivity contribution in [3.63, 3.8) is 0 Å². The summed E-state index contributed by atoms with van der Waals surface area (Å²) in [5.41, 5.74) is 1.75. The molecule has 0 saturated carbocycles. The van der Waals surface area contributed by atoms with Crippen molar-refractivity contribution in [2.75, 3.05) is 11.1 Å². The van der Waals surface area contributed by atoms with Crippen LogP contribution in [0.5, 0.6) is 0 Å². The topological polar surface area (TPSA) is 63.2 Å². The first-order chi connectivity index (χ1) is 10.0. The molecule has 5 heteroatoms. The van der Waals surface area contributed by atoms with Crippen molar-refractivity contribution >= 4 is 21.4 Å². The summed E-state index contributed by atoms with van der Waals surface area (Å²) in [5.74, 6) is -1.10. The van der Waals surface area contributed by atoms with Gasteiger partial charge in [0.1, 0.15) is 5.75 Å². The zero-order valence-electron chi connectivity index (χ0n) is 11.7. The van der Waals surface area contributed by atoms with Crippen molar-refractivity contribution in [3.8, 4) is 0 Å². The number of carbonyl (C=O) groups is 1. The molecular weight excluding hydrogens is 286 g/mol. The molecule has 0 spiro atoms. The Labute approximate surface area is 124 Å². The fourth-order valence-electron chi connectivity index (χ4n) is 1.90. The first kappa shape index (κ1) is 15.3. The van der Waals surface area contributed by atoms with Gasteiger partial charge in [-0.05, 0) is 36.2 Å². The van der Waals surface area contributed by atoms with Gasteiger partial charge in [0.05, 0.1) is 4.90 Å². The van der Waals surface area contributed by atoms with Gasteiger partial charge in [-0.1, -0.05) is 37.3 Å². The van der Waals surface area contributed by atoms with Crippen molar-refractivity contribution in [1.29, 1.82) is 0 Å². The summed E-state index contributed by atoms with van der Waals surface area (Å²) in [6.07, 6.45) is 0.913. The van der Waals surface area contributed by atoms with Gasteiger partial charge in [0.25, 0.3) is 0 Å². The van der Waals surface area contributed by atoms with E-state index in [0.29, 0.717) is 5.69 Å². The second-order valence-corrected chi connectivity index (χ2v) is 6.66. The number of aryl methyl sites for hydroxylation is 1. The normalized spacial score (nSPS) is 11.1. The fraction of sp³-hybridized carbons (Fsp3) is 0.188. The van der Waals surface area contributed by atoms with E-state index in [9.17, 15) is 13.2 Å². The molecule has 2 aromatic rings. The molecule has 0 aliphatic rings. The third-order valence-corrected chi connectivity index (χ3v) is 4.70. The Kier molecular flexibility index (Phi) is 4.75. The van der Waals surface area contributed by atoms with Gasteiger partial charge < -0.3 is 5.32 Å². The molecule has 0 atom stereocenters. The maximum Gasteiger partial charge on any atom is 0.239 e. The molecule has 2 rings (SSSR count). The summed E-state index contributed by atoms with van der Waals surface area (Å²) >= 11 is 0. The van der Waals surface area contributed by atoms with Gasteiger partial charge in [-0.3, -0.25) is 4.79 Å². The lowest BCUT2D eigenvalue weighted by molar-refractivity contribution is -0.113. The number of benzene rings is 2. The Bertz CT molecular complexity index is 707. The van der Waals surface area contributed by atoms with Gasteiger partial charge in [-0.25, -0.2) is 8.42 Å². The van der Waals surface area contributed by atoms with Gasteiger partial charge >= 0.3 is 0 Å². The standard InChI is InChI=1S/C16H17NO3S/c1-2-13-8-10-14(11-9-13)17-16(18)12-21(19,20)15-6-4-3-5-7-15/h3-11H,2,12H2,1H3,(H,17,18). The number of hydrogen-bond acceptors (Lipinski definition) is 3. The van der Waals surface area contributed by atoms with Crippen molar-refractivity contribution in [1.82, 2.24) is 0 Å². The summed E-state index contributed by atoms with van der Waals surface area (Å²) in [4.78, 5) is 12.0. The van der Waals surface area contributed by atoms with Crippen molar-refractivity contribution in [2.45, 2.75) is 18.2 Å². The number of sulfone groups is 1. The molecule has 0 fully saturated rings. The lowest BCUT2D eigenvalue weighted by atomic mass is 10.1. The smallest absolute Gasteiger partial charge is 0.239 e. The second kappa shape index (κ2) is 6.54. The highest BCUT2D eigenvalue weighted by Crippen LogP contribution is 2.13.